The number of halogens is 4. The first-order valence-electron chi connectivity index (χ1n) is 5.57. The summed E-state index contributed by atoms with van der Waals surface area (Å²) in [6, 6.07) is 5.33. The zero-order valence-electron chi connectivity index (χ0n) is 9.21. The predicted molar refractivity (Wildman–Crippen MR) is 72.8 cm³/mol. The minimum atomic E-state index is -0.886. The molecule has 1 heterocycles. The summed E-state index contributed by atoms with van der Waals surface area (Å²) in [5.41, 5.74) is 0.918. The van der Waals surface area contributed by atoms with Gasteiger partial charge in [0.15, 0.2) is 6.29 Å². The molecule has 1 saturated heterocycles. The van der Waals surface area contributed by atoms with Crippen LogP contribution >= 0.6 is 46.4 Å². The molecular formula is C12H10Cl4O2. The van der Waals surface area contributed by atoms with Gasteiger partial charge in [-0.05, 0) is 23.8 Å². The predicted octanol–water partition coefficient (Wildman–Crippen LogP) is 4.25. The summed E-state index contributed by atoms with van der Waals surface area (Å²) in [6.07, 6.45) is -0.345. The molecule has 0 aromatic heterocycles. The van der Waals surface area contributed by atoms with Crippen LogP contribution < -0.4 is 0 Å². The molecule has 1 aromatic carbocycles. The number of hydrogen-bond donors (Lipinski definition) is 0. The highest BCUT2D eigenvalue weighted by Crippen LogP contribution is 2.67. The third-order valence-corrected chi connectivity index (χ3v) is 4.70. The molecule has 1 aromatic rings. The van der Waals surface area contributed by atoms with Crippen molar-refractivity contribution in [1.82, 2.24) is 0 Å². The maximum Gasteiger partial charge on any atom is 0.164 e. The van der Waals surface area contributed by atoms with Gasteiger partial charge in [-0.25, -0.2) is 0 Å². The first kappa shape index (κ1) is 13.3. The Morgan fingerprint density at radius 2 is 1.56 bits per heavy atom. The van der Waals surface area contributed by atoms with Crippen LogP contribution in [0, 0.1) is 5.92 Å². The summed E-state index contributed by atoms with van der Waals surface area (Å²) < 4.78 is 10.0. The van der Waals surface area contributed by atoms with Crippen LogP contribution in [0.1, 0.15) is 11.5 Å². The average molecular weight is 328 g/mol. The van der Waals surface area contributed by atoms with Crippen LogP contribution in [0.4, 0.5) is 0 Å². The second kappa shape index (κ2) is 4.69. The minimum absolute atomic E-state index is 0.0693. The molecule has 0 amide bonds. The van der Waals surface area contributed by atoms with Crippen LogP contribution in [-0.2, 0) is 9.47 Å². The Hall–Kier alpha value is 0.300. The van der Waals surface area contributed by atoms with E-state index in [1.807, 2.05) is 12.1 Å². The monoisotopic (exact) mass is 326 g/mol. The van der Waals surface area contributed by atoms with Gasteiger partial charge in [0, 0.05) is 16.0 Å². The zero-order chi connectivity index (χ0) is 12.9. The lowest BCUT2D eigenvalue weighted by atomic mass is 10.1. The maximum absolute atomic E-state index is 6.31. The molecule has 0 bridgehead atoms. The summed E-state index contributed by atoms with van der Waals surface area (Å²) in [5.74, 6) is -0.155. The standard InChI is InChI=1S/C12H10Cl4O2/c13-7-3-6(4-8(14)5-7)9-10(12(9,15)16)11-17-1-2-18-11/h3-5,9-11H,1-2H2/t9-,10+/m1/s1. The first-order chi connectivity index (χ1) is 8.50. The summed E-state index contributed by atoms with van der Waals surface area (Å²) in [6.45, 7) is 1.15. The van der Waals surface area contributed by atoms with E-state index in [0.29, 0.717) is 23.3 Å². The second-order valence-corrected chi connectivity index (χ2v) is 6.81. The highest BCUT2D eigenvalue weighted by molar-refractivity contribution is 6.52. The SMILES string of the molecule is Clc1cc(Cl)cc([C@@H]2[C@@H](C3OCCO3)C2(Cl)Cl)c1. The molecule has 0 spiro atoms. The summed E-state index contributed by atoms with van der Waals surface area (Å²) in [4.78, 5) is 0. The van der Waals surface area contributed by atoms with Gasteiger partial charge in [-0.1, -0.05) is 23.2 Å². The minimum Gasteiger partial charge on any atom is -0.350 e. The molecule has 2 aliphatic rings. The normalized spacial score (nSPS) is 30.7. The second-order valence-electron chi connectivity index (χ2n) is 4.49. The Balaban J connectivity index is 1.88. The maximum atomic E-state index is 6.31. The van der Waals surface area contributed by atoms with E-state index in [2.05, 4.69) is 0 Å². The molecule has 1 saturated carbocycles. The Kier molecular flexibility index (Phi) is 3.46. The number of ether oxygens (including phenoxy) is 2. The molecule has 1 aliphatic carbocycles. The van der Waals surface area contributed by atoms with E-state index >= 15 is 0 Å². The van der Waals surface area contributed by atoms with Crippen LogP contribution in [0.5, 0.6) is 0 Å². The van der Waals surface area contributed by atoms with Crippen molar-refractivity contribution < 1.29 is 9.47 Å². The molecule has 3 rings (SSSR count). The molecule has 2 fully saturated rings. The highest BCUT2D eigenvalue weighted by atomic mass is 35.5. The first-order valence-corrected chi connectivity index (χ1v) is 7.08. The Bertz CT molecular complexity index is 451. The topological polar surface area (TPSA) is 18.5 Å². The van der Waals surface area contributed by atoms with Crippen molar-refractivity contribution in [2.24, 2.45) is 5.92 Å². The van der Waals surface area contributed by atoms with Crippen molar-refractivity contribution in [3.63, 3.8) is 0 Å². The molecule has 2 nitrogen and oxygen atoms in total. The van der Waals surface area contributed by atoms with E-state index in [4.69, 9.17) is 55.9 Å². The molecule has 1 aliphatic heterocycles. The van der Waals surface area contributed by atoms with E-state index in [1.54, 1.807) is 6.07 Å². The lowest BCUT2D eigenvalue weighted by Crippen LogP contribution is -2.14. The van der Waals surface area contributed by atoms with Gasteiger partial charge in [0.05, 0.1) is 19.1 Å². The van der Waals surface area contributed by atoms with Gasteiger partial charge in [-0.3, -0.25) is 0 Å². The van der Waals surface area contributed by atoms with Crippen molar-refractivity contribution in [2.45, 2.75) is 16.5 Å². The lowest BCUT2D eigenvalue weighted by molar-refractivity contribution is -0.0591. The molecular weight excluding hydrogens is 318 g/mol. The fraction of sp³-hybridized carbons (Fsp3) is 0.500. The Morgan fingerprint density at radius 1 is 1.00 bits per heavy atom. The van der Waals surface area contributed by atoms with Gasteiger partial charge < -0.3 is 9.47 Å². The van der Waals surface area contributed by atoms with Crippen LogP contribution in [-0.4, -0.2) is 23.8 Å². The zero-order valence-corrected chi connectivity index (χ0v) is 12.2. The van der Waals surface area contributed by atoms with Gasteiger partial charge in [-0.15, -0.1) is 23.2 Å². The van der Waals surface area contributed by atoms with Crippen molar-refractivity contribution in [1.29, 1.82) is 0 Å². The summed E-state index contributed by atoms with van der Waals surface area (Å²) >= 11 is 24.6. The molecule has 18 heavy (non-hydrogen) atoms. The Morgan fingerprint density at radius 3 is 2.11 bits per heavy atom. The van der Waals surface area contributed by atoms with Gasteiger partial charge in [0.2, 0.25) is 0 Å². The van der Waals surface area contributed by atoms with Gasteiger partial charge in [0.25, 0.3) is 0 Å². The highest BCUT2D eigenvalue weighted by Gasteiger charge is 2.68. The quantitative estimate of drug-likeness (QED) is 0.756. The van der Waals surface area contributed by atoms with Crippen molar-refractivity contribution in [2.75, 3.05) is 13.2 Å². The fourth-order valence-electron chi connectivity index (χ4n) is 2.46. The summed E-state index contributed by atoms with van der Waals surface area (Å²) in [5, 5.41) is 1.14. The van der Waals surface area contributed by atoms with Crippen molar-refractivity contribution in [3.8, 4) is 0 Å². The average Bonchev–Trinajstić information content (AvgIpc) is 2.65. The molecule has 6 heteroatoms. The van der Waals surface area contributed by atoms with E-state index in [9.17, 15) is 0 Å². The Labute approximate surface area is 125 Å². The number of hydrogen-bond acceptors (Lipinski definition) is 2. The smallest absolute Gasteiger partial charge is 0.164 e. The largest absolute Gasteiger partial charge is 0.350 e. The third-order valence-electron chi connectivity index (χ3n) is 3.29. The molecule has 2 atom stereocenters. The molecule has 0 unspecified atom stereocenters. The number of rotatable bonds is 2. The molecule has 0 N–H and O–H groups in total. The van der Waals surface area contributed by atoms with Crippen LogP contribution in [0.3, 0.4) is 0 Å². The number of alkyl halides is 2. The third kappa shape index (κ3) is 2.24. The van der Waals surface area contributed by atoms with E-state index in [-0.39, 0.29) is 18.1 Å². The number of benzene rings is 1. The molecule has 98 valence electrons. The van der Waals surface area contributed by atoms with Crippen LogP contribution in [0.25, 0.3) is 0 Å². The lowest BCUT2D eigenvalue weighted by Gasteiger charge is -2.08. The van der Waals surface area contributed by atoms with Crippen LogP contribution in [0.15, 0.2) is 18.2 Å². The van der Waals surface area contributed by atoms with Gasteiger partial charge >= 0.3 is 0 Å². The van der Waals surface area contributed by atoms with E-state index in [0.717, 1.165) is 5.56 Å². The van der Waals surface area contributed by atoms with Crippen molar-refractivity contribution in [3.05, 3.63) is 33.8 Å². The van der Waals surface area contributed by atoms with E-state index < -0.39 is 4.33 Å². The van der Waals surface area contributed by atoms with E-state index in [1.165, 1.54) is 0 Å². The van der Waals surface area contributed by atoms with Gasteiger partial charge in [0.1, 0.15) is 4.33 Å². The summed E-state index contributed by atoms with van der Waals surface area (Å²) in [7, 11) is 0. The fourth-order valence-corrected chi connectivity index (χ4v) is 3.86. The van der Waals surface area contributed by atoms with Gasteiger partial charge in [-0.2, -0.15) is 0 Å². The van der Waals surface area contributed by atoms with Crippen molar-refractivity contribution >= 4 is 46.4 Å². The van der Waals surface area contributed by atoms with Crippen LogP contribution in [0.2, 0.25) is 10.0 Å². The molecule has 0 radical (unpaired) electrons.